The number of aromatic amines is 1. The van der Waals surface area contributed by atoms with Gasteiger partial charge in [-0.2, -0.15) is 5.26 Å². The summed E-state index contributed by atoms with van der Waals surface area (Å²) >= 11 is 0. The van der Waals surface area contributed by atoms with Gasteiger partial charge in [-0.3, -0.25) is 4.90 Å². The first kappa shape index (κ1) is 19.0. The number of benzene rings is 2. The normalized spacial score (nSPS) is 20.1. The largest absolute Gasteiger partial charge is 0.357 e. The van der Waals surface area contributed by atoms with Gasteiger partial charge < -0.3 is 4.98 Å². The number of H-pyrrole nitrogens is 1. The van der Waals surface area contributed by atoms with E-state index in [0.717, 1.165) is 60.8 Å². The number of halogens is 2. The van der Waals surface area contributed by atoms with Crippen LogP contribution >= 0.6 is 0 Å². The Labute approximate surface area is 174 Å². The fraction of sp³-hybridized carbons (Fsp3) is 0.320. The van der Waals surface area contributed by atoms with Gasteiger partial charge in [-0.05, 0) is 54.7 Å². The van der Waals surface area contributed by atoms with Crippen LogP contribution in [0.4, 0.5) is 8.78 Å². The van der Waals surface area contributed by atoms with E-state index in [1.54, 1.807) is 0 Å². The zero-order valence-electron chi connectivity index (χ0n) is 16.7. The summed E-state index contributed by atoms with van der Waals surface area (Å²) in [7, 11) is 0. The van der Waals surface area contributed by atoms with Crippen molar-refractivity contribution in [3.63, 3.8) is 0 Å². The number of fused-ring (bicyclic) bond motifs is 3. The van der Waals surface area contributed by atoms with E-state index < -0.39 is 17.7 Å². The van der Waals surface area contributed by atoms with Crippen LogP contribution < -0.4 is 0 Å². The van der Waals surface area contributed by atoms with Crippen LogP contribution in [0.3, 0.4) is 0 Å². The minimum atomic E-state index is -0.563. The van der Waals surface area contributed by atoms with Gasteiger partial charge in [0.05, 0.1) is 12.1 Å². The van der Waals surface area contributed by atoms with Gasteiger partial charge in [-0.25, -0.2) is 8.78 Å². The van der Waals surface area contributed by atoms with Gasteiger partial charge in [0.1, 0.15) is 11.6 Å². The molecule has 1 saturated carbocycles. The van der Waals surface area contributed by atoms with Crippen molar-refractivity contribution in [2.75, 3.05) is 6.54 Å². The summed E-state index contributed by atoms with van der Waals surface area (Å²) in [6.07, 6.45) is 8.00. The molecule has 2 aromatic carbocycles. The Balaban J connectivity index is 1.69. The third kappa shape index (κ3) is 3.12. The molecule has 5 rings (SSSR count). The molecule has 2 heterocycles. The van der Waals surface area contributed by atoms with E-state index in [2.05, 4.69) is 16.0 Å². The molecule has 5 heteroatoms. The number of rotatable bonds is 3. The molecule has 0 spiro atoms. The van der Waals surface area contributed by atoms with Crippen LogP contribution in [-0.4, -0.2) is 22.5 Å². The van der Waals surface area contributed by atoms with Gasteiger partial charge in [0, 0.05) is 40.8 Å². The molecule has 152 valence electrons. The highest BCUT2D eigenvalue weighted by atomic mass is 19.1. The highest BCUT2D eigenvalue weighted by Gasteiger charge is 2.39. The molecule has 1 aliphatic heterocycles. The van der Waals surface area contributed by atoms with Gasteiger partial charge >= 0.3 is 0 Å². The van der Waals surface area contributed by atoms with Gasteiger partial charge in [-0.1, -0.05) is 31.0 Å². The molecular weight excluding hydrogens is 380 g/mol. The molecule has 0 radical (unpaired) electrons. The van der Waals surface area contributed by atoms with Gasteiger partial charge in [-0.15, -0.1) is 0 Å². The van der Waals surface area contributed by atoms with E-state index in [0.29, 0.717) is 11.6 Å². The Morgan fingerprint density at radius 3 is 2.57 bits per heavy atom. The number of nitrogens with zero attached hydrogens (tertiary/aromatic N) is 2. The number of para-hydroxylation sites is 1. The number of nitriles is 1. The van der Waals surface area contributed by atoms with E-state index in [4.69, 9.17) is 5.26 Å². The summed E-state index contributed by atoms with van der Waals surface area (Å²) in [6.45, 7) is 0.791. The number of hydrogen-bond acceptors (Lipinski definition) is 2. The molecule has 3 aromatic rings. The van der Waals surface area contributed by atoms with Crippen LogP contribution in [0.1, 0.15) is 54.1 Å². The Morgan fingerprint density at radius 2 is 1.83 bits per heavy atom. The summed E-state index contributed by atoms with van der Waals surface area (Å²) in [5.74, 6) is -1.13. The summed E-state index contributed by atoms with van der Waals surface area (Å²) < 4.78 is 30.7. The second kappa shape index (κ2) is 7.70. The summed E-state index contributed by atoms with van der Waals surface area (Å²) in [4.78, 5) is 5.79. The molecular formula is C25H23F2N3. The second-order valence-corrected chi connectivity index (χ2v) is 8.25. The quantitative estimate of drug-likeness (QED) is 0.556. The Morgan fingerprint density at radius 1 is 1.10 bits per heavy atom. The lowest BCUT2D eigenvalue weighted by Gasteiger charge is -2.40. The summed E-state index contributed by atoms with van der Waals surface area (Å²) in [5, 5.41) is 9.86. The lowest BCUT2D eigenvalue weighted by Crippen LogP contribution is -2.42. The van der Waals surface area contributed by atoms with Gasteiger partial charge in [0.2, 0.25) is 0 Å². The highest BCUT2D eigenvalue weighted by molar-refractivity contribution is 5.85. The van der Waals surface area contributed by atoms with Crippen molar-refractivity contribution in [1.29, 1.82) is 5.26 Å². The van der Waals surface area contributed by atoms with Gasteiger partial charge in [0.25, 0.3) is 0 Å². The standard InChI is InChI=1S/C25H23F2N3/c26-20-14-16(6-5-12-28)15-21(27)23(20)25-24-19(18-9-3-4-10-22(18)29-24)11-13-30(25)17-7-1-2-8-17/h3-6,9-10,14-15,17,25,29H,1-2,7-8,11,13H2/b6-5+. The first-order valence-corrected chi connectivity index (χ1v) is 10.6. The fourth-order valence-corrected chi connectivity index (χ4v) is 5.29. The minimum absolute atomic E-state index is 0.100. The zero-order valence-corrected chi connectivity index (χ0v) is 16.7. The predicted octanol–water partition coefficient (Wildman–Crippen LogP) is 5.87. The molecule has 1 aromatic heterocycles. The van der Waals surface area contributed by atoms with Crippen LogP contribution in [0, 0.1) is 23.0 Å². The van der Waals surface area contributed by atoms with Crippen molar-refractivity contribution in [2.45, 2.75) is 44.2 Å². The van der Waals surface area contributed by atoms with Crippen molar-refractivity contribution in [3.05, 3.63) is 76.5 Å². The lowest BCUT2D eigenvalue weighted by molar-refractivity contribution is 0.141. The van der Waals surface area contributed by atoms with Crippen molar-refractivity contribution < 1.29 is 8.78 Å². The van der Waals surface area contributed by atoms with Crippen molar-refractivity contribution in [2.24, 2.45) is 0 Å². The minimum Gasteiger partial charge on any atom is -0.357 e. The molecule has 1 aliphatic carbocycles. The maximum absolute atomic E-state index is 15.3. The summed E-state index contributed by atoms with van der Waals surface area (Å²) in [5.41, 5.74) is 3.54. The molecule has 30 heavy (non-hydrogen) atoms. The Hall–Kier alpha value is -2.97. The maximum Gasteiger partial charge on any atom is 0.131 e. The molecule has 0 saturated heterocycles. The van der Waals surface area contributed by atoms with Crippen LogP contribution in [0.5, 0.6) is 0 Å². The molecule has 0 bridgehead atoms. The molecule has 3 nitrogen and oxygen atoms in total. The monoisotopic (exact) mass is 403 g/mol. The third-order valence-corrected chi connectivity index (χ3v) is 6.59. The van der Waals surface area contributed by atoms with Crippen LogP contribution in [0.25, 0.3) is 17.0 Å². The van der Waals surface area contributed by atoms with E-state index in [9.17, 15) is 0 Å². The molecule has 1 atom stereocenters. The average Bonchev–Trinajstić information content (AvgIpc) is 3.40. The van der Waals surface area contributed by atoms with E-state index in [1.165, 1.54) is 24.3 Å². The smallest absolute Gasteiger partial charge is 0.131 e. The molecule has 0 amide bonds. The summed E-state index contributed by atoms with van der Waals surface area (Å²) in [6, 6.07) is 12.5. The Kier molecular flexibility index (Phi) is 4.88. The molecule has 1 unspecified atom stereocenters. The van der Waals surface area contributed by atoms with E-state index in [-0.39, 0.29) is 5.56 Å². The average molecular weight is 403 g/mol. The number of hydrogen-bond donors (Lipinski definition) is 1. The van der Waals surface area contributed by atoms with E-state index >= 15 is 8.78 Å². The SMILES string of the molecule is N#C/C=C/c1cc(F)c(C2c3[nH]c4ccccc4c3CCN2C2CCCC2)c(F)c1. The maximum atomic E-state index is 15.3. The Bertz CT molecular complexity index is 1140. The topological polar surface area (TPSA) is 42.8 Å². The lowest BCUT2D eigenvalue weighted by atomic mass is 9.89. The van der Waals surface area contributed by atoms with Gasteiger partial charge in [0.15, 0.2) is 0 Å². The third-order valence-electron chi connectivity index (χ3n) is 6.59. The highest BCUT2D eigenvalue weighted by Crippen LogP contribution is 2.43. The van der Waals surface area contributed by atoms with Crippen molar-refractivity contribution in [1.82, 2.24) is 9.88 Å². The van der Waals surface area contributed by atoms with Crippen LogP contribution in [0.2, 0.25) is 0 Å². The van der Waals surface area contributed by atoms with E-state index in [1.807, 2.05) is 24.3 Å². The van der Waals surface area contributed by atoms with Crippen molar-refractivity contribution >= 4 is 17.0 Å². The number of aromatic nitrogens is 1. The first-order valence-electron chi connectivity index (χ1n) is 10.6. The fourth-order valence-electron chi connectivity index (χ4n) is 5.29. The van der Waals surface area contributed by atoms with Crippen LogP contribution in [-0.2, 0) is 6.42 Å². The molecule has 2 aliphatic rings. The molecule has 1 fully saturated rings. The van der Waals surface area contributed by atoms with Crippen LogP contribution in [0.15, 0.2) is 42.5 Å². The number of allylic oxidation sites excluding steroid dienone is 1. The van der Waals surface area contributed by atoms with Crippen molar-refractivity contribution in [3.8, 4) is 6.07 Å². The first-order chi connectivity index (χ1) is 14.7. The molecule has 1 N–H and O–H groups in total. The number of nitrogens with one attached hydrogen (secondary N) is 1. The second-order valence-electron chi connectivity index (χ2n) is 8.25. The zero-order chi connectivity index (χ0) is 20.7. The predicted molar refractivity (Wildman–Crippen MR) is 114 cm³/mol.